The third-order valence-corrected chi connectivity index (χ3v) is 5.05. The van der Waals surface area contributed by atoms with Gasteiger partial charge in [-0.05, 0) is 42.9 Å². The Morgan fingerprint density at radius 3 is 2.52 bits per heavy atom. The smallest absolute Gasteiger partial charge is 0.319 e. The van der Waals surface area contributed by atoms with E-state index in [-0.39, 0.29) is 17.8 Å². The number of nitrogens with one attached hydrogen (secondary N) is 2. The first-order chi connectivity index (χ1) is 12.8. The highest BCUT2D eigenvalue weighted by molar-refractivity contribution is 7.89. The molecule has 0 aliphatic rings. The molecule has 1 atom stereocenters. The highest BCUT2D eigenvalue weighted by Gasteiger charge is 2.21. The van der Waals surface area contributed by atoms with E-state index >= 15 is 0 Å². The van der Waals surface area contributed by atoms with E-state index < -0.39 is 9.84 Å². The summed E-state index contributed by atoms with van der Waals surface area (Å²) in [5.74, 6) is 0.737. The number of hydrogen-bond donors (Lipinski definition) is 2. The van der Waals surface area contributed by atoms with Crippen molar-refractivity contribution in [3.05, 3.63) is 54.0 Å². The number of hydrogen-bond acceptors (Lipinski definition) is 5. The maximum atomic E-state index is 12.3. The molecule has 1 aromatic carbocycles. The summed E-state index contributed by atoms with van der Waals surface area (Å²) < 4.78 is 28.4. The monoisotopic (exact) mass is 393 g/mol. The molecule has 0 spiro atoms. The number of likely N-dealkylation sites (N-methyl/N-ethyl adjacent to an activating group) is 1. The number of furan rings is 1. The van der Waals surface area contributed by atoms with Crippen LogP contribution in [0.1, 0.15) is 31.2 Å². The minimum atomic E-state index is -3.13. The SMILES string of the molecule is CCN(CC)C(CNC(=O)Nc1cccc(CS(C)(=O)=O)c1)c1ccco1. The number of sulfone groups is 1. The van der Waals surface area contributed by atoms with Gasteiger partial charge in [-0.25, -0.2) is 13.2 Å². The fraction of sp³-hybridized carbons (Fsp3) is 0.421. The van der Waals surface area contributed by atoms with Crippen LogP contribution in [0.4, 0.5) is 10.5 Å². The van der Waals surface area contributed by atoms with Gasteiger partial charge in [-0.3, -0.25) is 4.90 Å². The molecule has 1 heterocycles. The average Bonchev–Trinajstić information content (AvgIpc) is 3.11. The van der Waals surface area contributed by atoms with Gasteiger partial charge in [-0.15, -0.1) is 0 Å². The Morgan fingerprint density at radius 1 is 1.19 bits per heavy atom. The van der Waals surface area contributed by atoms with Gasteiger partial charge in [-0.1, -0.05) is 26.0 Å². The lowest BCUT2D eigenvalue weighted by atomic mass is 10.2. The van der Waals surface area contributed by atoms with Crippen molar-refractivity contribution in [2.45, 2.75) is 25.6 Å². The predicted octanol–water partition coefficient (Wildman–Crippen LogP) is 3.03. The van der Waals surface area contributed by atoms with Gasteiger partial charge in [-0.2, -0.15) is 0 Å². The van der Waals surface area contributed by atoms with Crippen molar-refractivity contribution in [3.63, 3.8) is 0 Å². The van der Waals surface area contributed by atoms with Gasteiger partial charge in [0, 0.05) is 18.5 Å². The minimum absolute atomic E-state index is 0.0580. The second kappa shape index (κ2) is 9.57. The molecule has 7 nitrogen and oxygen atoms in total. The Kier molecular flexibility index (Phi) is 7.44. The van der Waals surface area contributed by atoms with Crippen LogP contribution in [0.25, 0.3) is 0 Å². The molecule has 1 aromatic heterocycles. The topological polar surface area (TPSA) is 91.7 Å². The van der Waals surface area contributed by atoms with Crippen LogP contribution in [0.3, 0.4) is 0 Å². The van der Waals surface area contributed by atoms with Crippen molar-refractivity contribution in [2.75, 3.05) is 31.2 Å². The van der Waals surface area contributed by atoms with Crippen molar-refractivity contribution >= 4 is 21.6 Å². The maximum Gasteiger partial charge on any atom is 0.319 e. The summed E-state index contributed by atoms with van der Waals surface area (Å²) in [5, 5.41) is 5.62. The number of urea groups is 1. The van der Waals surface area contributed by atoms with Crippen molar-refractivity contribution < 1.29 is 17.6 Å². The summed E-state index contributed by atoms with van der Waals surface area (Å²) in [7, 11) is -3.13. The van der Waals surface area contributed by atoms with Crippen LogP contribution in [-0.4, -0.2) is 45.2 Å². The highest BCUT2D eigenvalue weighted by atomic mass is 32.2. The number of carbonyl (C=O) groups is 1. The normalized spacial score (nSPS) is 12.7. The first-order valence-electron chi connectivity index (χ1n) is 8.91. The Hall–Kier alpha value is -2.32. The van der Waals surface area contributed by atoms with E-state index in [1.807, 2.05) is 12.1 Å². The van der Waals surface area contributed by atoms with Gasteiger partial charge in [0.15, 0.2) is 9.84 Å². The molecule has 8 heteroatoms. The number of anilines is 1. The largest absolute Gasteiger partial charge is 0.468 e. The lowest BCUT2D eigenvalue weighted by Gasteiger charge is -2.28. The number of nitrogens with zero attached hydrogens (tertiary/aromatic N) is 1. The first-order valence-corrected chi connectivity index (χ1v) is 11.0. The molecule has 2 amide bonds. The summed E-state index contributed by atoms with van der Waals surface area (Å²) >= 11 is 0. The second-order valence-electron chi connectivity index (χ2n) is 6.36. The molecule has 0 saturated heterocycles. The van der Waals surface area contributed by atoms with Crippen LogP contribution < -0.4 is 10.6 Å². The molecule has 0 aliphatic heterocycles. The molecule has 0 aliphatic carbocycles. The van der Waals surface area contributed by atoms with Gasteiger partial charge >= 0.3 is 6.03 Å². The Balaban J connectivity index is 1.99. The summed E-state index contributed by atoms with van der Waals surface area (Å²) in [6.07, 6.45) is 2.81. The zero-order valence-electron chi connectivity index (χ0n) is 15.9. The molecule has 0 fully saturated rings. The summed E-state index contributed by atoms with van der Waals surface area (Å²) in [6, 6.07) is 10.1. The fourth-order valence-corrected chi connectivity index (χ4v) is 3.75. The lowest BCUT2D eigenvalue weighted by molar-refractivity contribution is 0.188. The first kappa shape index (κ1) is 21.0. The number of rotatable bonds is 9. The minimum Gasteiger partial charge on any atom is -0.468 e. The molecule has 2 N–H and O–H groups in total. The summed E-state index contributed by atoms with van der Waals surface area (Å²) in [4.78, 5) is 14.5. The van der Waals surface area contributed by atoms with E-state index in [0.29, 0.717) is 17.8 Å². The Bertz CT molecular complexity index is 830. The molecule has 0 saturated carbocycles. The summed E-state index contributed by atoms with van der Waals surface area (Å²) in [6.45, 7) is 6.18. The number of carbonyl (C=O) groups excluding carboxylic acids is 1. The van der Waals surface area contributed by atoms with E-state index in [2.05, 4.69) is 29.4 Å². The molecule has 148 valence electrons. The molecule has 1 unspecified atom stereocenters. The van der Waals surface area contributed by atoms with Crippen molar-refractivity contribution in [1.82, 2.24) is 10.2 Å². The van der Waals surface area contributed by atoms with Crippen molar-refractivity contribution in [1.29, 1.82) is 0 Å². The van der Waals surface area contributed by atoms with Crippen LogP contribution in [0.2, 0.25) is 0 Å². The van der Waals surface area contributed by atoms with E-state index in [1.54, 1.807) is 30.5 Å². The zero-order valence-corrected chi connectivity index (χ0v) is 16.8. The summed E-state index contributed by atoms with van der Waals surface area (Å²) in [5.41, 5.74) is 1.18. The predicted molar refractivity (Wildman–Crippen MR) is 106 cm³/mol. The number of amides is 2. The van der Waals surface area contributed by atoms with E-state index in [1.165, 1.54) is 6.26 Å². The lowest BCUT2D eigenvalue weighted by Crippen LogP contribution is -2.39. The van der Waals surface area contributed by atoms with Crippen LogP contribution in [-0.2, 0) is 15.6 Å². The standard InChI is InChI=1S/C19H27N3O4S/c1-4-22(5-2)17(18-10-7-11-26-18)13-20-19(23)21-16-9-6-8-15(12-16)14-27(3,24)25/h6-12,17H,4-5,13-14H2,1-3H3,(H2,20,21,23). The van der Waals surface area contributed by atoms with Gasteiger partial charge in [0.25, 0.3) is 0 Å². The van der Waals surface area contributed by atoms with E-state index in [0.717, 1.165) is 18.8 Å². The third-order valence-electron chi connectivity index (χ3n) is 4.19. The molecule has 27 heavy (non-hydrogen) atoms. The van der Waals surface area contributed by atoms with Gasteiger partial charge in [0.1, 0.15) is 5.76 Å². The van der Waals surface area contributed by atoms with Crippen LogP contribution in [0.5, 0.6) is 0 Å². The molecule has 2 rings (SSSR count). The van der Waals surface area contributed by atoms with Crippen molar-refractivity contribution in [3.8, 4) is 0 Å². The quantitative estimate of drug-likeness (QED) is 0.683. The molecule has 2 aromatic rings. The average molecular weight is 394 g/mol. The molecule has 0 radical (unpaired) electrons. The molecular weight excluding hydrogens is 366 g/mol. The zero-order chi connectivity index (χ0) is 19.9. The number of benzene rings is 1. The second-order valence-corrected chi connectivity index (χ2v) is 8.50. The van der Waals surface area contributed by atoms with E-state index in [4.69, 9.17) is 4.42 Å². The Labute approximate surface area is 160 Å². The fourth-order valence-electron chi connectivity index (χ4n) is 2.96. The highest BCUT2D eigenvalue weighted by Crippen LogP contribution is 2.20. The van der Waals surface area contributed by atoms with Crippen LogP contribution >= 0.6 is 0 Å². The van der Waals surface area contributed by atoms with Gasteiger partial charge in [0.2, 0.25) is 0 Å². The third kappa shape index (κ3) is 6.73. The van der Waals surface area contributed by atoms with Gasteiger partial charge in [0.05, 0.1) is 18.1 Å². The van der Waals surface area contributed by atoms with Crippen LogP contribution in [0.15, 0.2) is 47.1 Å². The van der Waals surface area contributed by atoms with E-state index in [9.17, 15) is 13.2 Å². The molecular formula is C19H27N3O4S. The van der Waals surface area contributed by atoms with Gasteiger partial charge < -0.3 is 15.1 Å². The van der Waals surface area contributed by atoms with Crippen LogP contribution in [0, 0.1) is 0 Å². The Morgan fingerprint density at radius 2 is 1.93 bits per heavy atom. The maximum absolute atomic E-state index is 12.3. The van der Waals surface area contributed by atoms with Crippen molar-refractivity contribution in [2.24, 2.45) is 0 Å². The molecule has 0 bridgehead atoms.